The summed E-state index contributed by atoms with van der Waals surface area (Å²) in [5.74, 6) is -1.13. The first kappa shape index (κ1) is 20.4. The summed E-state index contributed by atoms with van der Waals surface area (Å²) in [6, 6.07) is 12.9. The Hall–Kier alpha value is -3.35. The predicted molar refractivity (Wildman–Crippen MR) is 110 cm³/mol. The number of hydrogen-bond acceptors (Lipinski definition) is 3. The van der Waals surface area contributed by atoms with Crippen molar-refractivity contribution in [3.05, 3.63) is 64.7 Å². The number of aliphatic carboxylic acids is 1. The summed E-state index contributed by atoms with van der Waals surface area (Å²) in [5, 5.41) is 13.5. The smallest absolute Gasteiger partial charge is 0.323 e. The zero-order valence-corrected chi connectivity index (χ0v) is 16.4. The molecule has 0 unspecified atom stereocenters. The van der Waals surface area contributed by atoms with Gasteiger partial charge >= 0.3 is 12.0 Å². The molecule has 3 rings (SSSR count). The first-order valence-corrected chi connectivity index (χ1v) is 9.68. The van der Waals surface area contributed by atoms with Crippen LogP contribution in [0, 0.1) is 6.92 Å². The van der Waals surface area contributed by atoms with E-state index in [0.29, 0.717) is 12.1 Å². The molecule has 0 radical (unpaired) electrons. The van der Waals surface area contributed by atoms with Crippen LogP contribution in [0.4, 0.5) is 10.5 Å². The van der Waals surface area contributed by atoms with Crippen LogP contribution in [-0.4, -0.2) is 36.1 Å². The van der Waals surface area contributed by atoms with Crippen LogP contribution in [0.3, 0.4) is 0 Å². The number of carbonyl (C=O) groups excluding carboxylic acids is 2. The van der Waals surface area contributed by atoms with Gasteiger partial charge in [-0.05, 0) is 61.1 Å². The molecule has 0 aliphatic carbocycles. The molecule has 1 heterocycles. The minimum absolute atomic E-state index is 0.0267. The summed E-state index contributed by atoms with van der Waals surface area (Å²) in [5.41, 5.74) is 4.54. The zero-order valence-electron chi connectivity index (χ0n) is 16.4. The molecule has 2 aromatic carbocycles. The number of para-hydroxylation sites is 1. The fourth-order valence-electron chi connectivity index (χ4n) is 3.48. The lowest BCUT2D eigenvalue weighted by Gasteiger charge is -2.23. The summed E-state index contributed by atoms with van der Waals surface area (Å²) in [6.45, 7) is 2.40. The van der Waals surface area contributed by atoms with Crippen LogP contribution >= 0.6 is 0 Å². The molecule has 0 aromatic heterocycles. The Morgan fingerprint density at radius 3 is 2.62 bits per heavy atom. The predicted octanol–water partition coefficient (Wildman–Crippen LogP) is 2.86. The molecular formula is C22H25N3O4. The topological polar surface area (TPSA) is 98.7 Å². The average molecular weight is 395 g/mol. The molecule has 1 aliphatic heterocycles. The van der Waals surface area contributed by atoms with Gasteiger partial charge in [-0.15, -0.1) is 0 Å². The molecule has 0 atom stereocenters. The molecule has 2 aromatic rings. The highest BCUT2D eigenvalue weighted by molar-refractivity contribution is 6.06. The Bertz CT molecular complexity index is 926. The summed E-state index contributed by atoms with van der Waals surface area (Å²) in [7, 11) is 0. The molecule has 0 fully saturated rings. The molecule has 7 heteroatoms. The van der Waals surface area contributed by atoms with Crippen LogP contribution in [0.25, 0.3) is 0 Å². The van der Waals surface area contributed by atoms with E-state index in [4.69, 9.17) is 5.11 Å². The van der Waals surface area contributed by atoms with E-state index in [-0.39, 0.29) is 12.5 Å². The number of carbonyl (C=O) groups is 3. The lowest BCUT2D eigenvalue weighted by Crippen LogP contribution is -2.38. The van der Waals surface area contributed by atoms with Crippen molar-refractivity contribution < 1.29 is 19.5 Å². The second-order valence-corrected chi connectivity index (χ2v) is 7.11. The number of carboxylic acid groups (broad SMARTS) is 1. The van der Waals surface area contributed by atoms with Crippen LogP contribution in [0.15, 0.2) is 42.5 Å². The fourth-order valence-corrected chi connectivity index (χ4v) is 3.48. The van der Waals surface area contributed by atoms with Crippen molar-refractivity contribution in [2.24, 2.45) is 0 Å². The molecule has 7 nitrogen and oxygen atoms in total. The van der Waals surface area contributed by atoms with Gasteiger partial charge in [-0.25, -0.2) is 4.79 Å². The lowest BCUT2D eigenvalue weighted by atomic mass is 10.0. The summed E-state index contributed by atoms with van der Waals surface area (Å²) in [4.78, 5) is 37.1. The normalized spacial score (nSPS) is 13.2. The Kier molecular flexibility index (Phi) is 6.49. The Morgan fingerprint density at radius 2 is 1.86 bits per heavy atom. The Morgan fingerprint density at radius 1 is 1.07 bits per heavy atom. The van der Waals surface area contributed by atoms with Crippen molar-refractivity contribution in [2.45, 2.75) is 32.7 Å². The summed E-state index contributed by atoms with van der Waals surface area (Å²) >= 11 is 0. The number of fused-ring (bicyclic) bond motifs is 1. The van der Waals surface area contributed by atoms with Gasteiger partial charge in [0, 0.05) is 24.3 Å². The number of benzene rings is 2. The molecular weight excluding hydrogens is 370 g/mol. The maximum absolute atomic E-state index is 13.2. The molecule has 0 saturated carbocycles. The third kappa shape index (κ3) is 5.13. The third-order valence-electron chi connectivity index (χ3n) is 5.03. The number of nitrogens with zero attached hydrogens (tertiary/aromatic N) is 1. The Balaban J connectivity index is 1.70. The van der Waals surface area contributed by atoms with Gasteiger partial charge in [-0.3, -0.25) is 9.59 Å². The minimum atomic E-state index is -1.10. The zero-order chi connectivity index (χ0) is 20.8. The van der Waals surface area contributed by atoms with Crippen LogP contribution in [-0.2, 0) is 17.8 Å². The lowest BCUT2D eigenvalue weighted by molar-refractivity contribution is -0.135. The second-order valence-electron chi connectivity index (χ2n) is 7.11. The molecule has 0 saturated heterocycles. The van der Waals surface area contributed by atoms with E-state index >= 15 is 0 Å². The number of amides is 3. The second kappa shape index (κ2) is 9.23. The van der Waals surface area contributed by atoms with E-state index in [1.807, 2.05) is 42.2 Å². The van der Waals surface area contributed by atoms with E-state index in [1.54, 1.807) is 6.07 Å². The molecule has 152 valence electrons. The van der Waals surface area contributed by atoms with Crippen molar-refractivity contribution in [1.29, 1.82) is 0 Å². The van der Waals surface area contributed by atoms with Crippen molar-refractivity contribution in [3.8, 4) is 0 Å². The molecule has 0 bridgehead atoms. The van der Waals surface area contributed by atoms with Gasteiger partial charge in [0.1, 0.15) is 6.54 Å². The van der Waals surface area contributed by atoms with Crippen molar-refractivity contribution in [2.75, 3.05) is 18.0 Å². The van der Waals surface area contributed by atoms with Gasteiger partial charge in [0.25, 0.3) is 5.91 Å². The van der Waals surface area contributed by atoms with Gasteiger partial charge in [-0.1, -0.05) is 24.3 Å². The molecule has 3 N–H and O–H groups in total. The van der Waals surface area contributed by atoms with Gasteiger partial charge in [0.15, 0.2) is 0 Å². The van der Waals surface area contributed by atoms with E-state index in [9.17, 15) is 14.4 Å². The fraction of sp³-hybridized carbons (Fsp3) is 0.318. The minimum Gasteiger partial charge on any atom is -0.480 e. The maximum Gasteiger partial charge on any atom is 0.323 e. The molecule has 29 heavy (non-hydrogen) atoms. The molecule has 3 amide bonds. The highest BCUT2D eigenvalue weighted by atomic mass is 16.4. The first-order chi connectivity index (χ1) is 14.0. The van der Waals surface area contributed by atoms with Gasteiger partial charge in [0.05, 0.1) is 0 Å². The largest absolute Gasteiger partial charge is 0.480 e. The monoisotopic (exact) mass is 395 g/mol. The van der Waals surface area contributed by atoms with E-state index in [2.05, 4.69) is 16.7 Å². The summed E-state index contributed by atoms with van der Waals surface area (Å²) in [6.07, 6.45) is 3.01. The quantitative estimate of drug-likeness (QED) is 0.725. The Labute approximate surface area is 169 Å². The van der Waals surface area contributed by atoms with Crippen LogP contribution in [0.1, 0.15) is 39.9 Å². The maximum atomic E-state index is 13.2. The number of nitrogens with one attached hydrogen (secondary N) is 2. The highest BCUT2D eigenvalue weighted by Gasteiger charge is 2.22. The van der Waals surface area contributed by atoms with E-state index in [1.165, 1.54) is 5.56 Å². The number of rotatable bonds is 5. The number of aryl methyl sites for hydroxylation is 2. The molecule has 1 aliphatic rings. The average Bonchev–Trinajstić information content (AvgIpc) is 2.93. The van der Waals surface area contributed by atoms with Crippen molar-refractivity contribution in [3.63, 3.8) is 0 Å². The first-order valence-electron chi connectivity index (χ1n) is 9.68. The van der Waals surface area contributed by atoms with Gasteiger partial charge in [0.2, 0.25) is 0 Å². The van der Waals surface area contributed by atoms with Crippen LogP contribution in [0.2, 0.25) is 0 Å². The van der Waals surface area contributed by atoms with Gasteiger partial charge < -0.3 is 20.6 Å². The van der Waals surface area contributed by atoms with Gasteiger partial charge in [-0.2, -0.15) is 0 Å². The standard InChI is InChI=1S/C22H25N3O4/c1-15-12-17(9-10-18(15)13-23-22(29)24-14-20(26)27)21(28)25-11-5-4-7-16-6-2-3-8-19(16)25/h2-3,6,8-10,12H,4-5,7,11,13-14H2,1H3,(H,26,27)(H2,23,24,29). The third-order valence-corrected chi connectivity index (χ3v) is 5.03. The van der Waals surface area contributed by atoms with Crippen LogP contribution < -0.4 is 15.5 Å². The van der Waals surface area contributed by atoms with Crippen molar-refractivity contribution in [1.82, 2.24) is 10.6 Å². The highest BCUT2D eigenvalue weighted by Crippen LogP contribution is 2.27. The van der Waals surface area contributed by atoms with Crippen LogP contribution in [0.5, 0.6) is 0 Å². The SMILES string of the molecule is Cc1cc(C(=O)N2CCCCc3ccccc32)ccc1CNC(=O)NCC(=O)O. The van der Waals surface area contributed by atoms with Crippen molar-refractivity contribution >= 4 is 23.6 Å². The van der Waals surface area contributed by atoms with E-state index in [0.717, 1.165) is 36.1 Å². The number of hydrogen-bond donors (Lipinski definition) is 3. The number of anilines is 1. The summed E-state index contributed by atoms with van der Waals surface area (Å²) < 4.78 is 0. The van der Waals surface area contributed by atoms with E-state index < -0.39 is 18.5 Å². The molecule has 0 spiro atoms. The number of urea groups is 1. The number of carboxylic acids is 1.